The summed E-state index contributed by atoms with van der Waals surface area (Å²) < 4.78 is 25.0. The van der Waals surface area contributed by atoms with E-state index in [1.807, 2.05) is 0 Å². The van der Waals surface area contributed by atoms with Gasteiger partial charge in [0, 0.05) is 37.0 Å². The number of carbonyl (C=O) groups excluding carboxylic acids is 1. The van der Waals surface area contributed by atoms with Crippen molar-refractivity contribution in [3.63, 3.8) is 0 Å². The van der Waals surface area contributed by atoms with E-state index in [9.17, 15) is 18.0 Å². The van der Waals surface area contributed by atoms with Crippen molar-refractivity contribution in [2.45, 2.75) is 18.9 Å². The second kappa shape index (κ2) is 5.76. The highest BCUT2D eigenvalue weighted by Crippen LogP contribution is 2.13. The molecule has 2 N–H and O–H groups in total. The fourth-order valence-electron chi connectivity index (χ4n) is 2.32. The molecule has 1 aliphatic heterocycles. The van der Waals surface area contributed by atoms with Crippen LogP contribution in [0.25, 0.3) is 0 Å². The predicted molar refractivity (Wildman–Crippen MR) is 74.0 cm³/mol. The minimum atomic E-state index is -3.29. The average molecular weight is 299 g/mol. The molecule has 7 nitrogen and oxygen atoms in total. The van der Waals surface area contributed by atoms with Crippen LogP contribution in [0.4, 0.5) is 0 Å². The van der Waals surface area contributed by atoms with Gasteiger partial charge in [0.25, 0.3) is 5.91 Å². The first-order chi connectivity index (χ1) is 9.35. The van der Waals surface area contributed by atoms with E-state index in [-0.39, 0.29) is 17.5 Å². The fraction of sp³-hybridized carbons (Fsp3) is 0.500. The quantitative estimate of drug-likeness (QED) is 0.788. The molecule has 1 unspecified atom stereocenters. The maximum absolute atomic E-state index is 12.3. The highest BCUT2D eigenvalue weighted by molar-refractivity contribution is 7.88. The largest absolute Gasteiger partial charge is 0.337 e. The summed E-state index contributed by atoms with van der Waals surface area (Å²) in [5, 5.41) is 0. The minimum absolute atomic E-state index is 0.254. The number of H-pyrrole nitrogens is 1. The van der Waals surface area contributed by atoms with Gasteiger partial charge in [0.05, 0.1) is 6.26 Å². The zero-order valence-electron chi connectivity index (χ0n) is 11.1. The molecule has 110 valence electrons. The van der Waals surface area contributed by atoms with Crippen molar-refractivity contribution in [2.75, 3.05) is 19.3 Å². The lowest BCUT2D eigenvalue weighted by molar-refractivity contribution is 0.0703. The summed E-state index contributed by atoms with van der Waals surface area (Å²) in [5.41, 5.74) is -0.0209. The summed E-state index contributed by atoms with van der Waals surface area (Å²) in [6.07, 6.45) is 3.95. The minimum Gasteiger partial charge on any atom is -0.337 e. The van der Waals surface area contributed by atoms with E-state index in [4.69, 9.17) is 0 Å². The SMILES string of the molecule is CS(=O)(=O)NC1CCCN(C(=O)c2cc[nH]c(=O)c2)C1. The van der Waals surface area contributed by atoms with E-state index in [1.165, 1.54) is 18.3 Å². The van der Waals surface area contributed by atoms with Gasteiger partial charge in [0.1, 0.15) is 0 Å². The molecule has 8 heteroatoms. The first kappa shape index (κ1) is 14.7. The third-order valence-corrected chi connectivity index (χ3v) is 3.87. The van der Waals surface area contributed by atoms with Crippen molar-refractivity contribution in [2.24, 2.45) is 0 Å². The molecule has 1 aromatic heterocycles. The summed E-state index contributed by atoms with van der Waals surface area (Å²) in [7, 11) is -3.29. The van der Waals surface area contributed by atoms with Gasteiger partial charge in [-0.25, -0.2) is 13.1 Å². The topological polar surface area (TPSA) is 99.3 Å². The summed E-state index contributed by atoms with van der Waals surface area (Å²) in [6.45, 7) is 0.881. The van der Waals surface area contributed by atoms with Gasteiger partial charge in [-0.05, 0) is 18.9 Å². The van der Waals surface area contributed by atoms with Gasteiger partial charge in [-0.1, -0.05) is 0 Å². The molecule has 0 saturated carbocycles. The Kier molecular flexibility index (Phi) is 4.24. The number of likely N-dealkylation sites (tertiary alicyclic amines) is 1. The van der Waals surface area contributed by atoms with Crippen molar-refractivity contribution in [3.8, 4) is 0 Å². The third-order valence-electron chi connectivity index (χ3n) is 3.11. The van der Waals surface area contributed by atoms with Crippen LogP contribution in [0.2, 0.25) is 0 Å². The number of pyridine rings is 1. The van der Waals surface area contributed by atoms with E-state index in [0.717, 1.165) is 12.7 Å². The number of nitrogens with zero attached hydrogens (tertiary/aromatic N) is 1. The average Bonchev–Trinajstić information content (AvgIpc) is 2.36. The number of carbonyl (C=O) groups is 1. The number of hydrogen-bond donors (Lipinski definition) is 2. The fourth-order valence-corrected chi connectivity index (χ4v) is 3.12. The van der Waals surface area contributed by atoms with E-state index in [0.29, 0.717) is 25.1 Å². The molecule has 1 amide bonds. The first-order valence-corrected chi connectivity index (χ1v) is 8.19. The van der Waals surface area contributed by atoms with Gasteiger partial charge in [-0.2, -0.15) is 0 Å². The monoisotopic (exact) mass is 299 g/mol. The maximum atomic E-state index is 12.3. The number of hydrogen-bond acceptors (Lipinski definition) is 4. The Morgan fingerprint density at radius 2 is 2.25 bits per heavy atom. The van der Waals surface area contributed by atoms with Crippen LogP contribution >= 0.6 is 0 Å². The molecule has 0 bridgehead atoms. The Bertz CT molecular complexity index is 653. The lowest BCUT2D eigenvalue weighted by Crippen LogP contribution is -2.49. The molecule has 0 spiro atoms. The molecule has 2 heterocycles. The molecule has 0 aromatic carbocycles. The van der Waals surface area contributed by atoms with Crippen LogP contribution in [0.15, 0.2) is 23.1 Å². The van der Waals surface area contributed by atoms with Gasteiger partial charge >= 0.3 is 0 Å². The van der Waals surface area contributed by atoms with Crippen LogP contribution in [0, 0.1) is 0 Å². The number of amides is 1. The maximum Gasteiger partial charge on any atom is 0.254 e. The highest BCUT2D eigenvalue weighted by Gasteiger charge is 2.26. The van der Waals surface area contributed by atoms with E-state index >= 15 is 0 Å². The van der Waals surface area contributed by atoms with E-state index in [2.05, 4.69) is 9.71 Å². The Balaban J connectivity index is 2.09. The first-order valence-electron chi connectivity index (χ1n) is 6.30. The summed E-state index contributed by atoms with van der Waals surface area (Å²) in [6, 6.07) is 2.51. The van der Waals surface area contributed by atoms with Crippen molar-refractivity contribution < 1.29 is 13.2 Å². The Morgan fingerprint density at radius 3 is 2.90 bits per heavy atom. The lowest BCUT2D eigenvalue weighted by atomic mass is 10.1. The van der Waals surface area contributed by atoms with E-state index in [1.54, 1.807) is 4.90 Å². The number of piperidine rings is 1. The molecule has 1 aromatic rings. The van der Waals surface area contributed by atoms with Crippen LogP contribution in [0.3, 0.4) is 0 Å². The molecular weight excluding hydrogens is 282 g/mol. The number of nitrogens with one attached hydrogen (secondary N) is 2. The molecule has 20 heavy (non-hydrogen) atoms. The molecule has 1 aliphatic rings. The summed E-state index contributed by atoms with van der Waals surface area (Å²) in [5.74, 6) is -0.254. The second-order valence-electron chi connectivity index (χ2n) is 4.92. The van der Waals surface area contributed by atoms with Gasteiger partial charge in [0.2, 0.25) is 15.6 Å². The number of aromatic amines is 1. The molecule has 1 saturated heterocycles. The van der Waals surface area contributed by atoms with Crippen molar-refractivity contribution >= 4 is 15.9 Å². The van der Waals surface area contributed by atoms with Gasteiger partial charge < -0.3 is 9.88 Å². The standard InChI is InChI=1S/C12H17N3O4S/c1-20(18,19)14-10-3-2-6-15(8-10)12(17)9-4-5-13-11(16)7-9/h4-5,7,10,14H,2-3,6,8H2,1H3,(H,13,16). The highest BCUT2D eigenvalue weighted by atomic mass is 32.2. The molecule has 1 atom stereocenters. The number of aromatic nitrogens is 1. The van der Waals surface area contributed by atoms with Gasteiger partial charge in [-0.3, -0.25) is 9.59 Å². The second-order valence-corrected chi connectivity index (χ2v) is 6.70. The van der Waals surface area contributed by atoms with Gasteiger partial charge in [-0.15, -0.1) is 0 Å². The summed E-state index contributed by atoms with van der Waals surface area (Å²) >= 11 is 0. The van der Waals surface area contributed by atoms with E-state index < -0.39 is 10.0 Å². The Morgan fingerprint density at radius 1 is 1.50 bits per heavy atom. The Hall–Kier alpha value is -1.67. The predicted octanol–water partition coefficient (Wildman–Crippen LogP) is -0.471. The normalized spacial score (nSPS) is 19.9. The van der Waals surface area contributed by atoms with Gasteiger partial charge in [0.15, 0.2) is 0 Å². The summed E-state index contributed by atoms with van der Waals surface area (Å²) in [4.78, 5) is 27.5. The third kappa shape index (κ3) is 3.91. The van der Waals surface area contributed by atoms with Crippen molar-refractivity contribution in [3.05, 3.63) is 34.2 Å². The zero-order chi connectivity index (χ0) is 14.8. The Labute approximate surface area is 117 Å². The lowest BCUT2D eigenvalue weighted by Gasteiger charge is -2.32. The molecular formula is C12H17N3O4S. The van der Waals surface area contributed by atoms with Crippen LogP contribution in [-0.2, 0) is 10.0 Å². The number of sulfonamides is 1. The van der Waals surface area contributed by atoms with Crippen LogP contribution in [-0.4, -0.2) is 49.6 Å². The van der Waals surface area contributed by atoms with Crippen molar-refractivity contribution in [1.29, 1.82) is 0 Å². The smallest absolute Gasteiger partial charge is 0.254 e. The molecule has 1 fully saturated rings. The van der Waals surface area contributed by atoms with Crippen LogP contribution in [0.5, 0.6) is 0 Å². The van der Waals surface area contributed by atoms with Crippen molar-refractivity contribution in [1.82, 2.24) is 14.6 Å². The molecule has 2 rings (SSSR count). The zero-order valence-corrected chi connectivity index (χ0v) is 11.9. The van der Waals surface area contributed by atoms with Crippen LogP contribution < -0.4 is 10.3 Å². The van der Waals surface area contributed by atoms with Crippen LogP contribution in [0.1, 0.15) is 23.2 Å². The number of rotatable bonds is 3. The molecule has 0 aliphatic carbocycles. The molecule has 0 radical (unpaired) electrons.